The van der Waals surface area contributed by atoms with Crippen LogP contribution in [0.25, 0.3) is 22.5 Å². The topological polar surface area (TPSA) is 72.7 Å². The SMILES string of the molecule is CC(C)[C@H](NCc1ccc(-c2ccccc2-c2nnnn2C(c2ccccc2)(c2ccccc2)c2ccccc2)cc1)C(=O)CCc1ccccc1. The minimum atomic E-state index is -0.850. The van der Waals surface area contributed by atoms with Gasteiger partial charge in [-0.05, 0) is 61.7 Å². The molecule has 0 bridgehead atoms. The fraction of sp³-hybridized carbons (Fsp3) is 0.174. The number of benzene rings is 6. The third kappa shape index (κ3) is 7.11. The molecule has 0 saturated carbocycles. The van der Waals surface area contributed by atoms with Gasteiger partial charge in [0.05, 0.1) is 6.04 Å². The number of aryl methyl sites for hydroxylation is 1. The number of nitrogens with one attached hydrogen (secondary N) is 1. The van der Waals surface area contributed by atoms with E-state index in [2.05, 4.69) is 152 Å². The lowest BCUT2D eigenvalue weighted by Gasteiger charge is -2.36. The predicted octanol–water partition coefficient (Wildman–Crippen LogP) is 9.16. The molecular weight excluding hydrogens is 639 g/mol. The van der Waals surface area contributed by atoms with E-state index in [1.54, 1.807) is 0 Å². The molecule has 0 amide bonds. The number of Topliss-reactive ketones (excluding diaryl/α,β-unsaturated/α-hetero) is 1. The molecule has 6 aromatic carbocycles. The van der Waals surface area contributed by atoms with Gasteiger partial charge in [0.25, 0.3) is 0 Å². The molecule has 1 heterocycles. The van der Waals surface area contributed by atoms with Crippen LogP contribution < -0.4 is 5.32 Å². The van der Waals surface area contributed by atoms with Crippen molar-refractivity contribution in [3.8, 4) is 22.5 Å². The Hall–Kier alpha value is -5.98. The monoisotopic (exact) mass is 681 g/mol. The van der Waals surface area contributed by atoms with Gasteiger partial charge in [0.2, 0.25) is 0 Å². The van der Waals surface area contributed by atoms with E-state index in [9.17, 15) is 4.79 Å². The lowest BCUT2D eigenvalue weighted by molar-refractivity contribution is -0.122. The third-order valence-corrected chi connectivity index (χ3v) is 9.84. The van der Waals surface area contributed by atoms with Crippen molar-refractivity contribution < 1.29 is 4.79 Å². The molecule has 52 heavy (non-hydrogen) atoms. The molecule has 0 fully saturated rings. The fourth-order valence-electron chi connectivity index (χ4n) is 7.23. The molecule has 258 valence electrons. The molecule has 1 aromatic heterocycles. The molecule has 0 saturated heterocycles. The summed E-state index contributed by atoms with van der Waals surface area (Å²) in [4.78, 5) is 13.3. The number of hydrogen-bond donors (Lipinski definition) is 1. The van der Waals surface area contributed by atoms with E-state index in [0.717, 1.165) is 45.4 Å². The van der Waals surface area contributed by atoms with E-state index in [4.69, 9.17) is 10.3 Å². The zero-order chi connectivity index (χ0) is 35.8. The standard InChI is InChI=1S/C46H43N5O/c1-34(2)44(43(52)32-29-35-17-7-3-8-18-35)47-33-36-27-30-37(31-28-36)41-25-15-16-26-42(41)45-48-49-50-51(45)46(38-19-9-4-10-20-38,39-21-11-5-12-22-39)40-23-13-6-14-24-40/h3-28,30-31,34,44,47H,29,32-33H2,1-2H3/t44-/m0/s1. The number of carbonyl (C=O) groups is 1. The summed E-state index contributed by atoms with van der Waals surface area (Å²) in [6.07, 6.45) is 1.28. The van der Waals surface area contributed by atoms with Gasteiger partial charge in [-0.25, -0.2) is 4.68 Å². The van der Waals surface area contributed by atoms with E-state index in [1.807, 2.05) is 47.1 Å². The second-order valence-corrected chi connectivity index (χ2v) is 13.5. The van der Waals surface area contributed by atoms with Crippen molar-refractivity contribution in [1.29, 1.82) is 0 Å². The molecule has 0 radical (unpaired) electrons. The maximum Gasteiger partial charge on any atom is 0.184 e. The second kappa shape index (κ2) is 15.9. The van der Waals surface area contributed by atoms with Gasteiger partial charge in [-0.3, -0.25) is 4.79 Å². The molecule has 0 spiro atoms. The second-order valence-electron chi connectivity index (χ2n) is 13.5. The average Bonchev–Trinajstić information content (AvgIpc) is 3.69. The Morgan fingerprint density at radius 1 is 0.615 bits per heavy atom. The first-order valence-corrected chi connectivity index (χ1v) is 18.0. The van der Waals surface area contributed by atoms with E-state index in [-0.39, 0.29) is 17.7 Å². The molecule has 6 nitrogen and oxygen atoms in total. The maximum atomic E-state index is 13.3. The van der Waals surface area contributed by atoms with Gasteiger partial charge in [0.15, 0.2) is 5.82 Å². The predicted molar refractivity (Wildman–Crippen MR) is 209 cm³/mol. The first kappa shape index (κ1) is 34.5. The summed E-state index contributed by atoms with van der Waals surface area (Å²) >= 11 is 0. The van der Waals surface area contributed by atoms with Crippen molar-refractivity contribution in [2.24, 2.45) is 5.92 Å². The smallest absolute Gasteiger partial charge is 0.184 e. The Bertz CT molecular complexity index is 2080. The van der Waals surface area contributed by atoms with Crippen LogP contribution in [0.15, 0.2) is 170 Å². The number of hydrogen-bond acceptors (Lipinski definition) is 5. The summed E-state index contributed by atoms with van der Waals surface area (Å²) in [7, 11) is 0. The number of aromatic nitrogens is 4. The largest absolute Gasteiger partial charge is 0.303 e. The van der Waals surface area contributed by atoms with E-state index >= 15 is 0 Å². The van der Waals surface area contributed by atoms with Crippen LogP contribution in [0.3, 0.4) is 0 Å². The summed E-state index contributed by atoms with van der Waals surface area (Å²) in [6.45, 7) is 4.81. The molecule has 6 heteroatoms. The van der Waals surface area contributed by atoms with E-state index < -0.39 is 5.54 Å². The van der Waals surface area contributed by atoms with Crippen LogP contribution in [-0.4, -0.2) is 32.0 Å². The lowest BCUT2D eigenvalue weighted by Crippen LogP contribution is -2.40. The zero-order valence-electron chi connectivity index (χ0n) is 29.6. The highest BCUT2D eigenvalue weighted by molar-refractivity contribution is 5.84. The number of tetrazole rings is 1. The Balaban J connectivity index is 1.21. The van der Waals surface area contributed by atoms with Crippen LogP contribution >= 0.6 is 0 Å². The molecule has 1 atom stereocenters. The van der Waals surface area contributed by atoms with Crippen molar-refractivity contribution in [3.05, 3.63) is 198 Å². The van der Waals surface area contributed by atoms with Crippen molar-refractivity contribution in [3.63, 3.8) is 0 Å². The lowest BCUT2D eigenvalue weighted by atomic mass is 9.77. The normalized spacial score (nSPS) is 12.1. The van der Waals surface area contributed by atoms with Crippen molar-refractivity contribution in [2.45, 2.75) is 44.8 Å². The average molecular weight is 682 g/mol. The maximum absolute atomic E-state index is 13.3. The van der Waals surface area contributed by atoms with Crippen LogP contribution in [0.4, 0.5) is 0 Å². The zero-order valence-corrected chi connectivity index (χ0v) is 29.6. The Morgan fingerprint density at radius 3 is 1.65 bits per heavy atom. The highest BCUT2D eigenvalue weighted by atomic mass is 16.1. The van der Waals surface area contributed by atoms with Crippen LogP contribution in [0, 0.1) is 5.92 Å². The molecule has 7 rings (SSSR count). The van der Waals surface area contributed by atoms with Crippen molar-refractivity contribution in [2.75, 3.05) is 0 Å². The van der Waals surface area contributed by atoms with Gasteiger partial charge < -0.3 is 5.32 Å². The summed E-state index contributed by atoms with van der Waals surface area (Å²) in [5, 5.41) is 17.3. The number of carbonyl (C=O) groups excluding carboxylic acids is 1. The highest BCUT2D eigenvalue weighted by Crippen LogP contribution is 2.43. The van der Waals surface area contributed by atoms with Gasteiger partial charge in [0.1, 0.15) is 11.3 Å². The van der Waals surface area contributed by atoms with Gasteiger partial charge in [-0.15, -0.1) is 5.10 Å². The molecule has 0 aliphatic heterocycles. The number of nitrogens with zero attached hydrogens (tertiary/aromatic N) is 4. The molecule has 1 N–H and O–H groups in total. The molecule has 0 aliphatic rings. The number of rotatable bonds is 14. The van der Waals surface area contributed by atoms with Crippen LogP contribution in [0.2, 0.25) is 0 Å². The molecule has 0 unspecified atom stereocenters. The first-order chi connectivity index (χ1) is 25.6. The van der Waals surface area contributed by atoms with E-state index in [1.165, 1.54) is 5.56 Å². The summed E-state index contributed by atoms with van der Waals surface area (Å²) in [5.74, 6) is 1.10. The van der Waals surface area contributed by atoms with Crippen molar-refractivity contribution >= 4 is 5.78 Å². The number of ketones is 1. The Kier molecular flexibility index (Phi) is 10.6. The summed E-state index contributed by atoms with van der Waals surface area (Å²) < 4.78 is 1.98. The van der Waals surface area contributed by atoms with Gasteiger partial charge >= 0.3 is 0 Å². The Labute approximate surface area is 306 Å². The first-order valence-electron chi connectivity index (χ1n) is 18.0. The summed E-state index contributed by atoms with van der Waals surface area (Å²) in [5.41, 5.74) is 7.61. The van der Waals surface area contributed by atoms with Gasteiger partial charge in [-0.1, -0.05) is 184 Å². The Morgan fingerprint density at radius 2 is 1.12 bits per heavy atom. The minimum absolute atomic E-state index is 0.190. The van der Waals surface area contributed by atoms with Gasteiger partial charge in [-0.2, -0.15) is 0 Å². The van der Waals surface area contributed by atoms with Crippen LogP contribution in [0.1, 0.15) is 48.1 Å². The quantitative estimate of drug-likeness (QED) is 0.116. The van der Waals surface area contributed by atoms with E-state index in [0.29, 0.717) is 18.8 Å². The third-order valence-electron chi connectivity index (χ3n) is 9.84. The molecule has 0 aliphatic carbocycles. The van der Waals surface area contributed by atoms with Gasteiger partial charge in [0, 0.05) is 18.5 Å². The molecular formula is C46H43N5O. The van der Waals surface area contributed by atoms with Crippen molar-refractivity contribution in [1.82, 2.24) is 25.5 Å². The minimum Gasteiger partial charge on any atom is -0.303 e. The summed E-state index contributed by atoms with van der Waals surface area (Å²) in [6, 6.07) is 58.2. The van der Waals surface area contributed by atoms with Crippen LogP contribution in [-0.2, 0) is 23.3 Å². The molecule has 7 aromatic rings. The fourth-order valence-corrected chi connectivity index (χ4v) is 7.23. The highest BCUT2D eigenvalue weighted by Gasteiger charge is 2.42. The van der Waals surface area contributed by atoms with Crippen LogP contribution in [0.5, 0.6) is 0 Å².